The van der Waals surface area contributed by atoms with Crippen LogP contribution in [-0.4, -0.2) is 50.8 Å². The fraction of sp³-hybridized carbons (Fsp3) is 0.647. The summed E-state index contributed by atoms with van der Waals surface area (Å²) in [5.74, 6) is 1.48. The van der Waals surface area contributed by atoms with E-state index in [1.54, 1.807) is 14.0 Å². The fourth-order valence-electron chi connectivity index (χ4n) is 3.19. The number of methoxy groups -OCH3 is 1. The van der Waals surface area contributed by atoms with Crippen LogP contribution in [0.4, 0.5) is 5.69 Å². The summed E-state index contributed by atoms with van der Waals surface area (Å²) in [4.78, 5) is 4.66. The number of rotatable bonds is 5. The van der Waals surface area contributed by atoms with Crippen LogP contribution in [0, 0.1) is 5.92 Å². The molecule has 0 amide bonds. The highest BCUT2D eigenvalue weighted by Gasteiger charge is 2.21. The standard InChI is InChI=1S/C17H28N2O2/c1-13(20)17-15(6-5-7-16(17)21-4)19(3)12-14-8-10-18(2)11-9-14/h5-7,13-14,20H,8-12H2,1-4H3. The first kappa shape index (κ1) is 16.1. The Morgan fingerprint density at radius 2 is 2.05 bits per heavy atom. The molecule has 1 aliphatic heterocycles. The zero-order chi connectivity index (χ0) is 15.4. The number of aliphatic hydroxyl groups is 1. The first-order valence-corrected chi connectivity index (χ1v) is 7.77. The van der Waals surface area contributed by atoms with E-state index in [1.807, 2.05) is 12.1 Å². The highest BCUT2D eigenvalue weighted by atomic mass is 16.5. The average molecular weight is 292 g/mol. The molecule has 2 rings (SSSR count). The second kappa shape index (κ2) is 7.14. The Hall–Kier alpha value is -1.26. The molecule has 118 valence electrons. The van der Waals surface area contributed by atoms with Crippen LogP contribution in [0.15, 0.2) is 18.2 Å². The lowest BCUT2D eigenvalue weighted by Crippen LogP contribution is -2.36. The van der Waals surface area contributed by atoms with Crippen LogP contribution in [0.25, 0.3) is 0 Å². The van der Waals surface area contributed by atoms with Crippen molar-refractivity contribution in [1.82, 2.24) is 4.90 Å². The normalized spacial score (nSPS) is 18.5. The molecule has 21 heavy (non-hydrogen) atoms. The minimum Gasteiger partial charge on any atom is -0.496 e. The molecule has 1 aliphatic rings. The molecule has 0 bridgehead atoms. The summed E-state index contributed by atoms with van der Waals surface area (Å²) in [5.41, 5.74) is 1.96. The summed E-state index contributed by atoms with van der Waals surface area (Å²) < 4.78 is 5.41. The predicted molar refractivity (Wildman–Crippen MR) is 87.1 cm³/mol. The summed E-state index contributed by atoms with van der Waals surface area (Å²) in [7, 11) is 5.95. The van der Waals surface area contributed by atoms with Gasteiger partial charge in [0, 0.05) is 24.8 Å². The van der Waals surface area contributed by atoms with Gasteiger partial charge in [-0.15, -0.1) is 0 Å². The van der Waals surface area contributed by atoms with Gasteiger partial charge in [0.05, 0.1) is 13.2 Å². The van der Waals surface area contributed by atoms with Gasteiger partial charge in [-0.25, -0.2) is 0 Å². The summed E-state index contributed by atoms with van der Waals surface area (Å²) in [6, 6.07) is 5.97. The lowest BCUT2D eigenvalue weighted by atomic mass is 9.96. The van der Waals surface area contributed by atoms with Crippen molar-refractivity contribution in [1.29, 1.82) is 0 Å². The van der Waals surface area contributed by atoms with E-state index in [2.05, 4.69) is 30.0 Å². The summed E-state index contributed by atoms with van der Waals surface area (Å²) in [5, 5.41) is 10.1. The number of anilines is 1. The van der Waals surface area contributed by atoms with Gasteiger partial charge in [0.1, 0.15) is 5.75 Å². The summed E-state index contributed by atoms with van der Waals surface area (Å²) in [6.45, 7) is 5.19. The van der Waals surface area contributed by atoms with Gasteiger partial charge in [-0.05, 0) is 58.0 Å². The fourth-order valence-corrected chi connectivity index (χ4v) is 3.19. The third-order valence-corrected chi connectivity index (χ3v) is 4.46. The molecule has 1 N–H and O–H groups in total. The van der Waals surface area contributed by atoms with E-state index >= 15 is 0 Å². The van der Waals surface area contributed by atoms with E-state index in [9.17, 15) is 5.11 Å². The van der Waals surface area contributed by atoms with E-state index in [1.165, 1.54) is 25.9 Å². The first-order chi connectivity index (χ1) is 10.0. The monoisotopic (exact) mass is 292 g/mol. The van der Waals surface area contributed by atoms with Gasteiger partial charge in [0.2, 0.25) is 0 Å². The number of benzene rings is 1. The zero-order valence-electron chi connectivity index (χ0n) is 13.7. The number of likely N-dealkylation sites (tertiary alicyclic amines) is 1. The minimum atomic E-state index is -0.531. The molecule has 0 spiro atoms. The van der Waals surface area contributed by atoms with Gasteiger partial charge in [-0.3, -0.25) is 0 Å². The van der Waals surface area contributed by atoms with Crippen LogP contribution in [0.1, 0.15) is 31.4 Å². The first-order valence-electron chi connectivity index (χ1n) is 7.77. The van der Waals surface area contributed by atoms with Gasteiger partial charge in [0.15, 0.2) is 0 Å². The Morgan fingerprint density at radius 1 is 1.38 bits per heavy atom. The van der Waals surface area contributed by atoms with Gasteiger partial charge < -0.3 is 19.6 Å². The molecule has 0 aromatic heterocycles. The number of nitrogens with zero attached hydrogens (tertiary/aromatic N) is 2. The van der Waals surface area contributed by atoms with Crippen LogP contribution in [-0.2, 0) is 0 Å². The highest BCUT2D eigenvalue weighted by Crippen LogP contribution is 2.34. The predicted octanol–water partition coefficient (Wildman–Crippen LogP) is 2.53. The van der Waals surface area contributed by atoms with E-state index in [-0.39, 0.29) is 0 Å². The highest BCUT2D eigenvalue weighted by molar-refractivity contribution is 5.60. The van der Waals surface area contributed by atoms with Gasteiger partial charge in [0.25, 0.3) is 0 Å². The molecular formula is C17H28N2O2. The molecule has 1 aromatic rings. The summed E-state index contributed by atoms with van der Waals surface area (Å²) in [6.07, 6.45) is 1.96. The molecule has 4 nitrogen and oxygen atoms in total. The van der Waals surface area contributed by atoms with Gasteiger partial charge >= 0.3 is 0 Å². The quantitative estimate of drug-likeness (QED) is 0.904. The molecular weight excluding hydrogens is 264 g/mol. The Balaban J connectivity index is 2.13. The number of piperidine rings is 1. The van der Waals surface area contributed by atoms with Crippen LogP contribution in [0.2, 0.25) is 0 Å². The van der Waals surface area contributed by atoms with Crippen molar-refractivity contribution in [2.24, 2.45) is 5.92 Å². The Labute approximate surface area is 128 Å². The molecule has 1 fully saturated rings. The average Bonchev–Trinajstić information content (AvgIpc) is 2.48. The summed E-state index contributed by atoms with van der Waals surface area (Å²) >= 11 is 0. The Kier molecular flexibility index (Phi) is 5.48. The van der Waals surface area contributed by atoms with Crippen LogP contribution in [0.3, 0.4) is 0 Å². The topological polar surface area (TPSA) is 35.9 Å². The number of hydrogen-bond donors (Lipinski definition) is 1. The molecule has 1 saturated heterocycles. The third kappa shape index (κ3) is 3.89. The van der Waals surface area contributed by atoms with E-state index in [0.717, 1.165) is 29.5 Å². The van der Waals surface area contributed by atoms with Crippen molar-refractivity contribution >= 4 is 5.69 Å². The number of hydrogen-bond acceptors (Lipinski definition) is 4. The maximum Gasteiger partial charge on any atom is 0.126 e. The maximum atomic E-state index is 10.1. The van der Waals surface area contributed by atoms with E-state index in [0.29, 0.717) is 0 Å². The number of ether oxygens (including phenoxy) is 1. The van der Waals surface area contributed by atoms with Crippen molar-refractivity contribution in [3.05, 3.63) is 23.8 Å². The molecule has 4 heteroatoms. The number of aliphatic hydroxyl groups excluding tert-OH is 1. The smallest absolute Gasteiger partial charge is 0.126 e. The second-order valence-corrected chi connectivity index (χ2v) is 6.20. The largest absolute Gasteiger partial charge is 0.496 e. The SMILES string of the molecule is COc1cccc(N(C)CC2CCN(C)CC2)c1C(C)O. The molecule has 0 saturated carbocycles. The van der Waals surface area contributed by atoms with Crippen molar-refractivity contribution < 1.29 is 9.84 Å². The zero-order valence-corrected chi connectivity index (χ0v) is 13.7. The van der Waals surface area contributed by atoms with E-state index in [4.69, 9.17) is 4.74 Å². The van der Waals surface area contributed by atoms with Crippen LogP contribution in [0.5, 0.6) is 5.75 Å². The maximum absolute atomic E-state index is 10.1. The molecule has 1 atom stereocenters. The minimum absolute atomic E-state index is 0.531. The van der Waals surface area contributed by atoms with Crippen molar-refractivity contribution in [3.8, 4) is 5.75 Å². The van der Waals surface area contributed by atoms with Crippen LogP contribution < -0.4 is 9.64 Å². The Morgan fingerprint density at radius 3 is 2.62 bits per heavy atom. The van der Waals surface area contributed by atoms with Gasteiger partial charge in [-0.2, -0.15) is 0 Å². The molecule has 0 radical (unpaired) electrons. The molecule has 1 aromatic carbocycles. The molecule has 1 heterocycles. The lowest BCUT2D eigenvalue weighted by Gasteiger charge is -2.33. The van der Waals surface area contributed by atoms with Crippen molar-refractivity contribution in [3.63, 3.8) is 0 Å². The molecule has 1 unspecified atom stereocenters. The third-order valence-electron chi connectivity index (χ3n) is 4.46. The van der Waals surface area contributed by atoms with Crippen LogP contribution >= 0.6 is 0 Å². The van der Waals surface area contributed by atoms with Crippen molar-refractivity contribution in [2.45, 2.75) is 25.9 Å². The lowest BCUT2D eigenvalue weighted by molar-refractivity contribution is 0.194. The Bertz CT molecular complexity index is 454. The van der Waals surface area contributed by atoms with E-state index < -0.39 is 6.10 Å². The van der Waals surface area contributed by atoms with Gasteiger partial charge in [-0.1, -0.05) is 6.07 Å². The molecule has 0 aliphatic carbocycles. The second-order valence-electron chi connectivity index (χ2n) is 6.20. The van der Waals surface area contributed by atoms with Crippen molar-refractivity contribution in [2.75, 3.05) is 45.7 Å².